The molecule has 0 unspecified atom stereocenters. The molecule has 0 heterocycles. The lowest BCUT2D eigenvalue weighted by molar-refractivity contribution is -0.137. The van der Waals surface area contributed by atoms with Gasteiger partial charge in [-0.05, 0) is 25.3 Å². The minimum atomic E-state index is -1.24. The lowest BCUT2D eigenvalue weighted by Gasteiger charge is -2.21. The third-order valence-electron chi connectivity index (χ3n) is 6.01. The zero-order valence-corrected chi connectivity index (χ0v) is 21.7. The largest absolute Gasteiger partial charge is 0.481 e. The number of carboxylic acid groups (broad SMARTS) is 2. The summed E-state index contributed by atoms with van der Waals surface area (Å²) in [5.74, 6) is -1.26. The molecule has 7 nitrogen and oxygen atoms in total. The van der Waals surface area contributed by atoms with Gasteiger partial charge in [0.15, 0.2) is 0 Å². The number of nitrogens with zero attached hydrogens (tertiary/aromatic N) is 2. The first-order chi connectivity index (χ1) is 15.5. The molecule has 0 aliphatic rings. The van der Waals surface area contributed by atoms with E-state index < -0.39 is 12.1 Å². The molecule has 0 radical (unpaired) electrons. The molecular formula is C26H50N2O5. The topological polar surface area (TPSA) is 98.2 Å². The van der Waals surface area contributed by atoms with Crippen molar-refractivity contribution in [1.29, 1.82) is 0 Å². The highest BCUT2D eigenvalue weighted by Gasteiger charge is 2.20. The molecule has 194 valence electrons. The fourth-order valence-electron chi connectivity index (χ4n) is 3.83. The van der Waals surface area contributed by atoms with E-state index in [1.807, 2.05) is 0 Å². The van der Waals surface area contributed by atoms with Gasteiger partial charge in [-0.1, -0.05) is 91.4 Å². The van der Waals surface area contributed by atoms with E-state index in [9.17, 15) is 19.5 Å². The van der Waals surface area contributed by atoms with Gasteiger partial charge in [0.1, 0.15) is 0 Å². The smallest absolute Gasteiger partial charge is 0.414 e. The summed E-state index contributed by atoms with van der Waals surface area (Å²) in [5, 5.41) is 18.0. The summed E-state index contributed by atoms with van der Waals surface area (Å²) in [4.78, 5) is 36.8. The van der Waals surface area contributed by atoms with E-state index in [1.54, 1.807) is 11.9 Å². The van der Waals surface area contributed by atoms with Crippen molar-refractivity contribution in [2.45, 2.75) is 117 Å². The van der Waals surface area contributed by atoms with Crippen molar-refractivity contribution in [1.82, 2.24) is 9.80 Å². The molecule has 7 heteroatoms. The molecule has 0 aromatic carbocycles. The van der Waals surface area contributed by atoms with Gasteiger partial charge in [0, 0.05) is 26.1 Å². The van der Waals surface area contributed by atoms with Gasteiger partial charge in [0.05, 0.1) is 6.42 Å². The van der Waals surface area contributed by atoms with Crippen LogP contribution in [0.1, 0.15) is 117 Å². The number of unbranched alkanes of at least 4 members (excludes halogenated alkanes) is 11. The molecular weight excluding hydrogens is 420 g/mol. The average Bonchev–Trinajstić information content (AvgIpc) is 2.71. The Morgan fingerprint density at radius 2 is 1.09 bits per heavy atom. The summed E-state index contributed by atoms with van der Waals surface area (Å²) in [6, 6.07) is 0. The number of aliphatic carboxylic acids is 1. The second-order valence-electron chi connectivity index (χ2n) is 10.6. The van der Waals surface area contributed by atoms with Crippen molar-refractivity contribution in [3.05, 3.63) is 0 Å². The Kier molecular flexibility index (Phi) is 17.8. The molecule has 0 spiro atoms. The highest BCUT2D eigenvalue weighted by molar-refractivity contribution is 5.91. The van der Waals surface area contributed by atoms with Crippen LogP contribution < -0.4 is 0 Å². The molecule has 0 fully saturated rings. The van der Waals surface area contributed by atoms with Gasteiger partial charge in [0.25, 0.3) is 0 Å². The first kappa shape index (κ1) is 31.4. The van der Waals surface area contributed by atoms with Crippen LogP contribution in [-0.4, -0.2) is 64.7 Å². The third-order valence-corrected chi connectivity index (χ3v) is 6.01. The maximum Gasteiger partial charge on any atom is 0.414 e. The second kappa shape index (κ2) is 18.8. The van der Waals surface area contributed by atoms with Crippen molar-refractivity contribution >= 4 is 18.0 Å². The monoisotopic (exact) mass is 470 g/mol. The van der Waals surface area contributed by atoms with Crippen LogP contribution in [0, 0.1) is 5.41 Å². The molecule has 0 aliphatic heterocycles. The molecule has 33 heavy (non-hydrogen) atoms. The van der Waals surface area contributed by atoms with Crippen molar-refractivity contribution in [3.63, 3.8) is 0 Å². The number of hydrogen-bond acceptors (Lipinski definition) is 4. The Morgan fingerprint density at radius 3 is 1.52 bits per heavy atom. The van der Waals surface area contributed by atoms with Crippen molar-refractivity contribution in [3.8, 4) is 0 Å². The van der Waals surface area contributed by atoms with Crippen LogP contribution in [0.3, 0.4) is 0 Å². The molecule has 0 rings (SSSR count). The number of carbonyl (C=O) groups excluding carboxylic acids is 1. The summed E-state index contributed by atoms with van der Waals surface area (Å²) in [6.45, 7) is 7.66. The molecule has 0 saturated carbocycles. The van der Waals surface area contributed by atoms with Crippen LogP contribution in [0.15, 0.2) is 0 Å². The summed E-state index contributed by atoms with van der Waals surface area (Å²) in [6.07, 6.45) is 14.8. The summed E-state index contributed by atoms with van der Waals surface area (Å²) in [7, 11) is 1.72. The van der Waals surface area contributed by atoms with Gasteiger partial charge in [-0.25, -0.2) is 9.69 Å². The Hall–Kier alpha value is -1.63. The van der Waals surface area contributed by atoms with Gasteiger partial charge < -0.3 is 15.1 Å². The maximum atomic E-state index is 12.2. The molecule has 0 atom stereocenters. The molecule has 0 aromatic heterocycles. The third kappa shape index (κ3) is 20.7. The average molecular weight is 471 g/mol. The SMILES string of the molecule is CN(CCC(=O)O)CCN(C(=O)O)C(=O)CCCCCCCCCCCCCCC(C)(C)C. The van der Waals surface area contributed by atoms with Gasteiger partial charge in [-0.3, -0.25) is 9.59 Å². The van der Waals surface area contributed by atoms with Crippen molar-refractivity contribution < 1.29 is 24.6 Å². The zero-order chi connectivity index (χ0) is 25.1. The van der Waals surface area contributed by atoms with Crippen molar-refractivity contribution in [2.24, 2.45) is 5.41 Å². The number of imide groups is 1. The first-order valence-electron chi connectivity index (χ1n) is 13.0. The number of rotatable bonds is 20. The van der Waals surface area contributed by atoms with E-state index in [0.29, 0.717) is 24.9 Å². The first-order valence-corrected chi connectivity index (χ1v) is 13.0. The fraction of sp³-hybridized carbons (Fsp3) is 0.885. The van der Waals surface area contributed by atoms with Gasteiger partial charge >= 0.3 is 12.1 Å². The molecule has 0 aliphatic carbocycles. The fourth-order valence-corrected chi connectivity index (χ4v) is 3.83. The number of amides is 2. The maximum absolute atomic E-state index is 12.2. The lowest BCUT2D eigenvalue weighted by Crippen LogP contribution is -2.41. The van der Waals surface area contributed by atoms with Crippen LogP contribution in [0.2, 0.25) is 0 Å². The number of likely N-dealkylation sites (N-methyl/N-ethyl adjacent to an activating group) is 1. The predicted molar refractivity (Wildman–Crippen MR) is 134 cm³/mol. The van der Waals surface area contributed by atoms with E-state index in [-0.39, 0.29) is 25.3 Å². The van der Waals surface area contributed by atoms with Gasteiger partial charge in [-0.2, -0.15) is 0 Å². The number of carboxylic acids is 1. The summed E-state index contributed by atoms with van der Waals surface area (Å²) in [5.41, 5.74) is 0.463. The molecule has 0 bridgehead atoms. The standard InChI is InChI=1S/C26H50N2O5/c1-26(2,3)19-16-14-12-10-8-6-5-7-9-11-13-15-17-23(29)28(25(32)33)22-21-27(4)20-18-24(30)31/h5-22H2,1-4H3,(H,30,31)(H,32,33). The van der Waals surface area contributed by atoms with E-state index in [2.05, 4.69) is 20.8 Å². The molecule has 0 aromatic rings. The number of hydrogen-bond donors (Lipinski definition) is 2. The van der Waals surface area contributed by atoms with E-state index in [0.717, 1.165) is 17.7 Å². The van der Waals surface area contributed by atoms with Crippen LogP contribution in [-0.2, 0) is 9.59 Å². The van der Waals surface area contributed by atoms with Gasteiger partial charge in [0.2, 0.25) is 5.91 Å². The Labute approximate surface area is 201 Å². The van der Waals surface area contributed by atoms with E-state index in [1.165, 1.54) is 64.2 Å². The van der Waals surface area contributed by atoms with E-state index >= 15 is 0 Å². The predicted octanol–water partition coefficient (Wildman–Crippen LogP) is 6.41. The minimum Gasteiger partial charge on any atom is -0.481 e. The highest BCUT2D eigenvalue weighted by atomic mass is 16.4. The Bertz CT molecular complexity index is 545. The van der Waals surface area contributed by atoms with Crippen LogP contribution >= 0.6 is 0 Å². The molecule has 0 saturated heterocycles. The quantitative estimate of drug-likeness (QED) is 0.200. The molecule has 2 N–H and O–H groups in total. The van der Waals surface area contributed by atoms with Crippen LogP contribution in [0.5, 0.6) is 0 Å². The van der Waals surface area contributed by atoms with Crippen LogP contribution in [0.25, 0.3) is 0 Å². The van der Waals surface area contributed by atoms with E-state index in [4.69, 9.17) is 5.11 Å². The highest BCUT2D eigenvalue weighted by Crippen LogP contribution is 2.22. The Balaban J connectivity index is 3.68. The summed E-state index contributed by atoms with van der Waals surface area (Å²) >= 11 is 0. The Morgan fingerprint density at radius 1 is 0.636 bits per heavy atom. The number of carbonyl (C=O) groups is 3. The lowest BCUT2D eigenvalue weighted by atomic mass is 9.89. The minimum absolute atomic E-state index is 0.00478. The van der Waals surface area contributed by atoms with Crippen LogP contribution in [0.4, 0.5) is 4.79 Å². The van der Waals surface area contributed by atoms with Crippen molar-refractivity contribution in [2.75, 3.05) is 26.7 Å². The summed E-state index contributed by atoms with van der Waals surface area (Å²) < 4.78 is 0. The van der Waals surface area contributed by atoms with Gasteiger partial charge in [-0.15, -0.1) is 0 Å². The molecule has 2 amide bonds. The zero-order valence-electron chi connectivity index (χ0n) is 21.7. The normalized spacial score (nSPS) is 11.7. The second-order valence-corrected chi connectivity index (χ2v) is 10.6.